The lowest BCUT2D eigenvalue weighted by molar-refractivity contribution is -0.218. The first kappa shape index (κ1) is 20.5. The zero-order valence-electron chi connectivity index (χ0n) is 13.1. The standard InChI is InChI=1S/C14H20F3NO5S/c1-9(2)13(20)23-11-6-3-10(4-7-11)5-8-12(19)18-24(21,22)14(15,16)17/h10-11H,1,3-8H2,2H3,(H,18,19)/p-1. The molecule has 0 atom stereocenters. The van der Waals surface area contributed by atoms with Gasteiger partial charge in [-0.1, -0.05) is 6.58 Å². The number of ether oxygens (including phenoxy) is 1. The van der Waals surface area contributed by atoms with Crippen molar-refractivity contribution in [2.24, 2.45) is 10.3 Å². The summed E-state index contributed by atoms with van der Waals surface area (Å²) in [4.78, 5) is 11.4. The van der Waals surface area contributed by atoms with Crippen molar-refractivity contribution in [3.05, 3.63) is 12.2 Å². The van der Waals surface area contributed by atoms with Gasteiger partial charge in [0, 0.05) is 5.57 Å². The highest BCUT2D eigenvalue weighted by Crippen LogP contribution is 2.30. The second kappa shape index (κ2) is 8.00. The van der Waals surface area contributed by atoms with Crippen molar-refractivity contribution in [1.82, 2.24) is 0 Å². The Hall–Kier alpha value is -1.58. The van der Waals surface area contributed by atoms with Crippen LogP contribution in [0.5, 0.6) is 0 Å². The van der Waals surface area contributed by atoms with Crippen LogP contribution in [0.1, 0.15) is 45.4 Å². The first-order valence-corrected chi connectivity index (χ1v) is 8.80. The van der Waals surface area contributed by atoms with E-state index in [-0.39, 0.29) is 24.9 Å². The largest absolute Gasteiger partial charge is 0.861 e. The summed E-state index contributed by atoms with van der Waals surface area (Å²) < 4.78 is 65.3. The molecule has 138 valence electrons. The second-order valence-corrected chi connectivity index (χ2v) is 7.37. The molecule has 0 aromatic carbocycles. The van der Waals surface area contributed by atoms with E-state index in [1.54, 1.807) is 0 Å². The van der Waals surface area contributed by atoms with Crippen LogP contribution in [0.4, 0.5) is 13.2 Å². The van der Waals surface area contributed by atoms with Crippen LogP contribution in [-0.4, -0.2) is 31.9 Å². The molecule has 10 heteroatoms. The summed E-state index contributed by atoms with van der Waals surface area (Å²) >= 11 is 0. The number of rotatable bonds is 6. The zero-order valence-corrected chi connectivity index (χ0v) is 14.0. The molecule has 1 saturated carbocycles. The molecule has 0 amide bonds. The van der Waals surface area contributed by atoms with Gasteiger partial charge < -0.3 is 9.84 Å². The van der Waals surface area contributed by atoms with Crippen LogP contribution in [0.2, 0.25) is 0 Å². The predicted octanol–water partition coefficient (Wildman–Crippen LogP) is 2.05. The molecule has 0 aromatic rings. The summed E-state index contributed by atoms with van der Waals surface area (Å²) in [6.07, 6.45) is 2.07. The summed E-state index contributed by atoms with van der Waals surface area (Å²) in [7, 11) is -5.77. The number of halogens is 3. The Morgan fingerprint density at radius 3 is 2.29 bits per heavy atom. The van der Waals surface area contributed by atoms with Gasteiger partial charge in [0.15, 0.2) is 0 Å². The number of carbonyl (C=O) groups is 1. The van der Waals surface area contributed by atoms with Gasteiger partial charge >= 0.3 is 21.5 Å². The molecule has 0 unspecified atom stereocenters. The van der Waals surface area contributed by atoms with Gasteiger partial charge in [0.05, 0.1) is 0 Å². The Balaban J connectivity index is 2.43. The van der Waals surface area contributed by atoms with Crippen molar-refractivity contribution >= 4 is 21.9 Å². The number of carbonyl (C=O) groups excluding carboxylic acids is 1. The highest BCUT2D eigenvalue weighted by Gasteiger charge is 2.45. The molecule has 1 rings (SSSR count). The first-order valence-electron chi connectivity index (χ1n) is 7.36. The van der Waals surface area contributed by atoms with Crippen LogP contribution < -0.4 is 5.11 Å². The van der Waals surface area contributed by atoms with Crippen molar-refractivity contribution in [2.75, 3.05) is 0 Å². The van der Waals surface area contributed by atoms with Gasteiger partial charge in [-0.3, -0.25) is 0 Å². The molecule has 1 fully saturated rings. The van der Waals surface area contributed by atoms with E-state index in [2.05, 4.69) is 11.0 Å². The average molecular weight is 370 g/mol. The monoisotopic (exact) mass is 370 g/mol. The number of hydrogen-bond donors (Lipinski definition) is 0. The summed E-state index contributed by atoms with van der Waals surface area (Å²) in [6, 6.07) is 0. The summed E-state index contributed by atoms with van der Waals surface area (Å²) in [5, 5.41) is 11.3. The Labute approximate surface area is 138 Å². The van der Waals surface area contributed by atoms with E-state index in [1.807, 2.05) is 0 Å². The molecule has 0 aromatic heterocycles. The normalized spacial score (nSPS) is 22.9. The van der Waals surface area contributed by atoms with Gasteiger partial charge in [-0.05, 0) is 57.3 Å². The molecule has 0 N–H and O–H groups in total. The Bertz CT molecular complexity index is 604. The van der Waals surface area contributed by atoms with E-state index in [1.165, 1.54) is 6.92 Å². The molecule has 0 spiro atoms. The minimum atomic E-state index is -5.77. The minimum absolute atomic E-state index is 0.0533. The molecule has 24 heavy (non-hydrogen) atoms. The summed E-state index contributed by atoms with van der Waals surface area (Å²) in [6.45, 7) is 5.02. The van der Waals surface area contributed by atoms with Gasteiger partial charge in [0.2, 0.25) is 0 Å². The average Bonchev–Trinajstić information content (AvgIpc) is 2.44. The third kappa shape index (κ3) is 6.14. The van der Waals surface area contributed by atoms with E-state index < -0.39 is 27.4 Å². The second-order valence-electron chi connectivity index (χ2n) is 5.77. The number of sulfonamides is 1. The van der Waals surface area contributed by atoms with Crippen LogP contribution in [0, 0.1) is 5.92 Å². The minimum Gasteiger partial charge on any atom is -0.861 e. The van der Waals surface area contributed by atoms with Gasteiger partial charge in [0.25, 0.3) is 0 Å². The Morgan fingerprint density at radius 2 is 1.83 bits per heavy atom. The molecule has 0 radical (unpaired) electrons. The van der Waals surface area contributed by atoms with Crippen molar-refractivity contribution in [3.8, 4) is 0 Å². The lowest BCUT2D eigenvalue weighted by Crippen LogP contribution is -2.28. The molecule has 1 aliphatic rings. The summed E-state index contributed by atoms with van der Waals surface area (Å²) in [5.41, 5.74) is -5.26. The fourth-order valence-corrected chi connectivity index (χ4v) is 2.81. The van der Waals surface area contributed by atoms with Gasteiger partial charge in [0.1, 0.15) is 6.10 Å². The van der Waals surface area contributed by atoms with E-state index in [4.69, 9.17) is 4.74 Å². The summed E-state index contributed by atoms with van der Waals surface area (Å²) in [5.74, 6) is -1.72. The van der Waals surface area contributed by atoms with Crippen LogP contribution in [0.15, 0.2) is 16.5 Å². The van der Waals surface area contributed by atoms with E-state index in [0.717, 1.165) is 0 Å². The maximum Gasteiger partial charge on any atom is 0.518 e. The van der Waals surface area contributed by atoms with Gasteiger partial charge in [-0.2, -0.15) is 26.0 Å². The van der Waals surface area contributed by atoms with Crippen molar-refractivity contribution < 1.29 is 36.2 Å². The lowest BCUT2D eigenvalue weighted by atomic mass is 9.84. The molecular formula is C14H19F3NO5S-. The van der Waals surface area contributed by atoms with E-state index in [9.17, 15) is 31.5 Å². The van der Waals surface area contributed by atoms with E-state index in [0.29, 0.717) is 31.3 Å². The molecular weight excluding hydrogens is 351 g/mol. The van der Waals surface area contributed by atoms with Gasteiger partial charge in [-0.25, -0.2) is 4.79 Å². The van der Waals surface area contributed by atoms with Crippen molar-refractivity contribution in [3.63, 3.8) is 0 Å². The smallest absolute Gasteiger partial charge is 0.518 e. The zero-order chi connectivity index (χ0) is 18.5. The third-order valence-electron chi connectivity index (χ3n) is 3.70. The van der Waals surface area contributed by atoms with Crippen LogP contribution in [-0.2, 0) is 19.6 Å². The molecule has 0 saturated heterocycles. The number of alkyl halides is 3. The lowest BCUT2D eigenvalue weighted by Gasteiger charge is -2.28. The molecule has 0 aliphatic heterocycles. The third-order valence-corrected chi connectivity index (χ3v) is 4.73. The topological polar surface area (TPSA) is 95.9 Å². The fraction of sp³-hybridized carbons (Fsp3) is 0.714. The quantitative estimate of drug-likeness (QED) is 0.309. The predicted molar refractivity (Wildman–Crippen MR) is 78.3 cm³/mol. The number of esters is 1. The number of hydrogen-bond acceptors (Lipinski definition) is 5. The maximum absolute atomic E-state index is 12.1. The molecule has 1 aliphatic carbocycles. The molecule has 6 nitrogen and oxygen atoms in total. The van der Waals surface area contributed by atoms with Gasteiger partial charge in [-0.15, -0.1) is 0 Å². The van der Waals surface area contributed by atoms with E-state index >= 15 is 0 Å². The van der Waals surface area contributed by atoms with Crippen molar-refractivity contribution in [2.45, 2.75) is 57.1 Å². The van der Waals surface area contributed by atoms with Crippen LogP contribution >= 0.6 is 0 Å². The fourth-order valence-electron chi connectivity index (χ4n) is 2.35. The highest BCUT2D eigenvalue weighted by molar-refractivity contribution is 7.91. The maximum atomic E-state index is 12.1. The Kier molecular flexibility index (Phi) is 6.82. The van der Waals surface area contributed by atoms with Crippen LogP contribution in [0.3, 0.4) is 0 Å². The van der Waals surface area contributed by atoms with Crippen LogP contribution in [0.25, 0.3) is 0 Å². The SMILES string of the molecule is C=C(C)C(=O)OC1CCC(CC/C([O-])=N\S(=O)(=O)C(F)(F)F)CC1. The highest BCUT2D eigenvalue weighted by atomic mass is 32.2. The van der Waals surface area contributed by atoms with Crippen molar-refractivity contribution in [1.29, 1.82) is 0 Å². The molecule has 0 bridgehead atoms. The number of nitrogens with zero attached hydrogens (tertiary/aromatic N) is 1. The first-order chi connectivity index (χ1) is 10.9. The molecule has 0 heterocycles. The Morgan fingerprint density at radius 1 is 1.29 bits per heavy atom.